The number of hydrogen-bond acceptors (Lipinski definition) is 4. The summed E-state index contributed by atoms with van der Waals surface area (Å²) in [4.78, 5) is 0. The van der Waals surface area contributed by atoms with Crippen molar-refractivity contribution in [1.82, 2.24) is 0 Å². The van der Waals surface area contributed by atoms with Gasteiger partial charge in [-0.2, -0.15) is 0 Å². The quantitative estimate of drug-likeness (QED) is 0.629. The first-order valence-corrected chi connectivity index (χ1v) is 11.6. The van der Waals surface area contributed by atoms with Gasteiger partial charge in [0.1, 0.15) is 0 Å². The van der Waals surface area contributed by atoms with E-state index in [-0.39, 0.29) is 0 Å². The zero-order chi connectivity index (χ0) is 5.41. The van der Waals surface area contributed by atoms with Gasteiger partial charge in [-0.15, -0.1) is 0 Å². The van der Waals surface area contributed by atoms with E-state index in [4.69, 9.17) is 0 Å². The standard InChI is InChI=1S/Co.4S.Sn. The van der Waals surface area contributed by atoms with Crippen LogP contribution in [0.2, 0.25) is 0 Å². The summed E-state index contributed by atoms with van der Waals surface area (Å²) in [6.45, 7) is 0. The molecule has 0 aliphatic rings. The molecule has 0 aliphatic carbocycles. The first-order valence-electron chi connectivity index (χ1n) is 0.680. The summed E-state index contributed by atoms with van der Waals surface area (Å²) < 4.78 is 0. The molecule has 0 aromatic carbocycles. The van der Waals surface area contributed by atoms with Crippen molar-refractivity contribution in [2.45, 2.75) is 0 Å². The Morgan fingerprint density at radius 2 is 1.17 bits per heavy atom. The van der Waals surface area contributed by atoms with E-state index < -0.39 is 17.3 Å². The first-order chi connectivity index (χ1) is 2.83. The molecule has 0 rings (SSSR count). The van der Waals surface area contributed by atoms with Gasteiger partial charge in [-0.1, -0.05) is 0 Å². The molecule has 0 radical (unpaired) electrons. The molecule has 0 spiro atoms. The molecule has 0 N–H and O–H groups in total. The fourth-order valence-corrected chi connectivity index (χ4v) is 0. The van der Waals surface area contributed by atoms with E-state index >= 15 is 0 Å². The van der Waals surface area contributed by atoms with Gasteiger partial charge in [0, 0.05) is 0 Å². The Morgan fingerprint density at radius 3 is 1.17 bits per heavy atom. The number of rotatable bonds is 0. The Morgan fingerprint density at radius 1 is 1.17 bits per heavy atom. The van der Waals surface area contributed by atoms with Gasteiger partial charge in [0.25, 0.3) is 0 Å². The van der Waals surface area contributed by atoms with E-state index in [2.05, 4.69) is 39.8 Å². The molecule has 6 heteroatoms. The topological polar surface area (TPSA) is 0 Å². The summed E-state index contributed by atoms with van der Waals surface area (Å²) in [6, 6.07) is 0. The van der Waals surface area contributed by atoms with Gasteiger partial charge in [-0.05, 0) is 0 Å². The van der Waals surface area contributed by atoms with Crippen LogP contribution in [0.25, 0.3) is 0 Å². The summed E-state index contributed by atoms with van der Waals surface area (Å²) in [7, 11) is 17.1. The summed E-state index contributed by atoms with van der Waals surface area (Å²) in [5, 5.41) is 0. The molecule has 0 heterocycles. The van der Waals surface area contributed by atoms with Gasteiger partial charge in [0.15, 0.2) is 0 Å². The molecule has 37 valence electrons. The Bertz CT molecular complexity index is 61.5. The molecule has 0 nitrogen and oxygen atoms in total. The molecular weight excluding hydrogens is 306 g/mol. The van der Waals surface area contributed by atoms with Gasteiger partial charge in [-0.25, -0.2) is 0 Å². The average Bonchev–Trinajstić information content (AvgIpc) is 1.39. The summed E-state index contributed by atoms with van der Waals surface area (Å²) in [6.07, 6.45) is 0. The third kappa shape index (κ3) is 34.8. The Kier molecular flexibility index (Phi) is 28.9. The van der Waals surface area contributed by atoms with Crippen LogP contribution in [0.3, 0.4) is 0 Å². The second-order valence-corrected chi connectivity index (χ2v) is 7.09. The van der Waals surface area contributed by atoms with Gasteiger partial charge in [0.2, 0.25) is 0 Å². The van der Waals surface area contributed by atoms with Crippen LogP contribution in [0.15, 0.2) is 0 Å². The molecule has 6 heavy (non-hydrogen) atoms. The van der Waals surface area contributed by atoms with Crippen LogP contribution in [-0.4, -0.2) is 17.3 Å². The van der Waals surface area contributed by atoms with Crippen LogP contribution < -0.4 is 0 Å². The van der Waals surface area contributed by atoms with Crippen LogP contribution in [0.4, 0.5) is 0 Å². The minimum atomic E-state index is -0.603. The summed E-state index contributed by atoms with van der Waals surface area (Å²) >= 11 is 0.000833. The van der Waals surface area contributed by atoms with Crippen molar-refractivity contribution >= 4 is 57.0 Å². The van der Waals surface area contributed by atoms with Gasteiger partial charge in [0.05, 0.1) is 0 Å². The molecule has 0 aliphatic heterocycles. The molecule has 0 amide bonds. The Balaban J connectivity index is 0. The van der Waals surface area contributed by atoms with Gasteiger partial charge >= 0.3 is 68.5 Å². The second kappa shape index (κ2) is 15.7. The molecule has 0 atom stereocenters. The van der Waals surface area contributed by atoms with Crippen molar-refractivity contribution < 1.29 is 11.5 Å². The van der Waals surface area contributed by atoms with Crippen molar-refractivity contribution in [3.8, 4) is 0 Å². The average molecular weight is 306 g/mol. The normalized spacial score (nSPS) is 4.00. The van der Waals surface area contributed by atoms with Crippen molar-refractivity contribution in [3.63, 3.8) is 0 Å². The van der Waals surface area contributed by atoms with Crippen LogP contribution >= 0.6 is 39.8 Å². The summed E-state index contributed by atoms with van der Waals surface area (Å²) in [5.74, 6) is 0. The van der Waals surface area contributed by atoms with E-state index in [1.165, 1.54) is 0 Å². The van der Waals surface area contributed by atoms with E-state index in [1.54, 1.807) is 0 Å². The van der Waals surface area contributed by atoms with Gasteiger partial charge < -0.3 is 0 Å². The Labute approximate surface area is 67.4 Å². The monoisotopic (exact) mass is 307 g/mol. The molecule has 0 aromatic rings. The maximum absolute atomic E-state index is 4.38. The van der Waals surface area contributed by atoms with E-state index in [0.717, 1.165) is 0 Å². The number of hydrogen-bond donors (Lipinski definition) is 0. The predicted octanol–water partition coefficient (Wildman–Crippen LogP) is 2.21. The minimum absolute atomic E-state index is 0.603. The van der Waals surface area contributed by atoms with E-state index in [0.29, 0.717) is 11.5 Å². The van der Waals surface area contributed by atoms with E-state index in [1.807, 2.05) is 0 Å². The van der Waals surface area contributed by atoms with Gasteiger partial charge in [-0.3, -0.25) is 0 Å². The molecule has 0 saturated heterocycles. The molecule has 0 bridgehead atoms. The van der Waals surface area contributed by atoms with E-state index in [9.17, 15) is 0 Å². The van der Waals surface area contributed by atoms with Crippen LogP contribution in [0, 0.1) is 0 Å². The maximum atomic E-state index is 4.38. The third-order valence-corrected chi connectivity index (χ3v) is 0. The molecule has 0 aromatic heterocycles. The van der Waals surface area contributed by atoms with Crippen molar-refractivity contribution in [2.24, 2.45) is 0 Å². The first kappa shape index (κ1) is 11.0. The molecule has 0 fully saturated rings. The zero-order valence-electron chi connectivity index (χ0n) is 2.47. The zero-order valence-corrected chi connectivity index (χ0v) is 9.63. The van der Waals surface area contributed by atoms with Crippen LogP contribution in [0.1, 0.15) is 0 Å². The summed E-state index contributed by atoms with van der Waals surface area (Å²) in [5.41, 5.74) is 0. The molecule has 0 saturated carbocycles. The van der Waals surface area contributed by atoms with Crippen LogP contribution in [-0.2, 0) is 11.5 Å². The van der Waals surface area contributed by atoms with Crippen molar-refractivity contribution in [1.29, 1.82) is 0 Å². The predicted molar refractivity (Wildman–Crippen MR) is 36.1 cm³/mol. The fourth-order valence-electron chi connectivity index (χ4n) is 0. The fraction of sp³-hybridized carbons (Fsp3) is 0. The van der Waals surface area contributed by atoms with Crippen molar-refractivity contribution in [3.05, 3.63) is 0 Å². The van der Waals surface area contributed by atoms with Crippen LogP contribution in [0.5, 0.6) is 0 Å². The SMILES string of the molecule is [S]=[Co]=[S].[S]=[Sn]=[S]. The van der Waals surface area contributed by atoms with Crippen molar-refractivity contribution in [2.75, 3.05) is 0 Å². The molecular formula is CoS4Sn. The second-order valence-electron chi connectivity index (χ2n) is 0.139. The third-order valence-electron chi connectivity index (χ3n) is 0. The Hall–Kier alpha value is 2.19. The molecule has 0 unspecified atom stereocenters.